The summed E-state index contributed by atoms with van der Waals surface area (Å²) in [5, 5.41) is 1.15. The van der Waals surface area contributed by atoms with Crippen LogP contribution in [0.2, 0.25) is 0 Å². The van der Waals surface area contributed by atoms with E-state index in [-0.39, 0.29) is 21.1 Å². The molecule has 0 N–H and O–H groups in total. The fourth-order valence-corrected chi connectivity index (χ4v) is 2.82. The summed E-state index contributed by atoms with van der Waals surface area (Å²) >= 11 is 0. The fraction of sp³-hybridized carbons (Fsp3) is 0. The zero-order valence-corrected chi connectivity index (χ0v) is 14.6. The van der Waals surface area contributed by atoms with Gasteiger partial charge in [-0.25, -0.2) is 0 Å². The number of nitrogens with zero attached hydrogens (tertiary/aromatic N) is 1. The van der Waals surface area contributed by atoms with Gasteiger partial charge in [-0.05, 0) is 11.5 Å². The van der Waals surface area contributed by atoms with Gasteiger partial charge in [-0.2, -0.15) is 0 Å². The van der Waals surface area contributed by atoms with Crippen LogP contribution < -0.4 is 0 Å². The Balaban J connectivity index is 0.00000156. The van der Waals surface area contributed by atoms with Crippen LogP contribution in [-0.4, -0.2) is 4.98 Å². The Bertz CT molecular complexity index is 927. The molecular formula is C21H14NPt-. The number of benzene rings is 3. The maximum atomic E-state index is 4.57. The van der Waals surface area contributed by atoms with Crippen molar-refractivity contribution in [1.29, 1.82) is 0 Å². The van der Waals surface area contributed by atoms with Gasteiger partial charge in [-0.3, -0.25) is 4.98 Å². The molecule has 3 aromatic carbocycles. The third-order valence-electron chi connectivity index (χ3n) is 3.84. The molecule has 0 amide bonds. The second-order valence-corrected chi connectivity index (χ2v) is 5.21. The maximum absolute atomic E-state index is 4.57. The molecule has 0 saturated heterocycles. The molecule has 0 atom stereocenters. The number of aromatic nitrogens is 1. The van der Waals surface area contributed by atoms with Crippen LogP contribution in [-0.2, 0) is 21.1 Å². The van der Waals surface area contributed by atoms with E-state index < -0.39 is 0 Å². The molecule has 4 aromatic rings. The van der Waals surface area contributed by atoms with E-state index in [1.807, 2.05) is 30.5 Å². The fourth-order valence-electron chi connectivity index (χ4n) is 2.82. The van der Waals surface area contributed by atoms with Crippen molar-refractivity contribution in [2.24, 2.45) is 0 Å². The zero-order chi connectivity index (χ0) is 14.8. The van der Waals surface area contributed by atoms with Gasteiger partial charge in [-0.1, -0.05) is 65.7 Å². The van der Waals surface area contributed by atoms with Gasteiger partial charge in [0, 0.05) is 32.8 Å². The van der Waals surface area contributed by atoms with Crippen LogP contribution in [0, 0.1) is 6.07 Å². The van der Waals surface area contributed by atoms with E-state index in [1.165, 1.54) is 11.1 Å². The summed E-state index contributed by atoms with van der Waals surface area (Å²) in [7, 11) is 0. The van der Waals surface area contributed by atoms with E-state index in [9.17, 15) is 0 Å². The van der Waals surface area contributed by atoms with Crippen molar-refractivity contribution in [1.82, 2.24) is 4.98 Å². The third kappa shape index (κ3) is 2.98. The van der Waals surface area contributed by atoms with Gasteiger partial charge in [0.25, 0.3) is 0 Å². The molecule has 23 heavy (non-hydrogen) atoms. The van der Waals surface area contributed by atoms with Crippen LogP contribution in [0.25, 0.3) is 33.2 Å². The molecule has 4 rings (SSSR count). The van der Waals surface area contributed by atoms with Crippen molar-refractivity contribution in [2.75, 3.05) is 0 Å². The first kappa shape index (κ1) is 15.6. The topological polar surface area (TPSA) is 12.9 Å². The molecule has 0 bridgehead atoms. The number of rotatable bonds is 2. The molecule has 0 unspecified atom stereocenters. The summed E-state index contributed by atoms with van der Waals surface area (Å²) in [5.74, 6) is 0. The molecule has 1 aromatic heterocycles. The molecule has 0 aliphatic rings. The molecule has 0 aliphatic carbocycles. The van der Waals surface area contributed by atoms with Crippen LogP contribution in [0.15, 0.2) is 85.1 Å². The minimum Gasteiger partial charge on any atom is -0.266 e. The van der Waals surface area contributed by atoms with Gasteiger partial charge >= 0.3 is 0 Å². The van der Waals surface area contributed by atoms with Gasteiger partial charge in [0.1, 0.15) is 0 Å². The smallest absolute Gasteiger partial charge is 0.0367 e. The number of pyridine rings is 1. The van der Waals surface area contributed by atoms with Crippen LogP contribution in [0.3, 0.4) is 0 Å². The number of para-hydroxylation sites is 1. The summed E-state index contributed by atoms with van der Waals surface area (Å²) in [6, 6.07) is 30.3. The maximum Gasteiger partial charge on any atom is 0.0367 e. The molecule has 0 fully saturated rings. The van der Waals surface area contributed by atoms with Crippen molar-refractivity contribution >= 4 is 10.9 Å². The molecule has 1 heterocycles. The Morgan fingerprint density at radius 1 is 0.696 bits per heavy atom. The van der Waals surface area contributed by atoms with E-state index in [1.54, 1.807) is 0 Å². The monoisotopic (exact) mass is 475 g/mol. The normalized spacial score (nSPS) is 10.3. The Morgan fingerprint density at radius 2 is 1.48 bits per heavy atom. The van der Waals surface area contributed by atoms with Gasteiger partial charge < -0.3 is 0 Å². The second kappa shape index (κ2) is 6.89. The first-order valence-corrected chi connectivity index (χ1v) is 7.34. The minimum absolute atomic E-state index is 0. The largest absolute Gasteiger partial charge is 0.266 e. The van der Waals surface area contributed by atoms with Crippen LogP contribution in [0.4, 0.5) is 0 Å². The van der Waals surface area contributed by atoms with Crippen LogP contribution >= 0.6 is 0 Å². The van der Waals surface area contributed by atoms with Gasteiger partial charge in [-0.15, -0.1) is 35.4 Å². The van der Waals surface area contributed by atoms with Gasteiger partial charge in [0.2, 0.25) is 0 Å². The average Bonchev–Trinajstić information content (AvgIpc) is 2.62. The minimum atomic E-state index is 0. The Labute approximate surface area is 150 Å². The van der Waals surface area contributed by atoms with Crippen molar-refractivity contribution in [3.05, 3.63) is 91.1 Å². The van der Waals surface area contributed by atoms with E-state index in [2.05, 4.69) is 65.6 Å². The van der Waals surface area contributed by atoms with Gasteiger partial charge in [0.05, 0.1) is 0 Å². The summed E-state index contributed by atoms with van der Waals surface area (Å²) in [6.07, 6.45) is 1.84. The molecule has 0 saturated carbocycles. The van der Waals surface area contributed by atoms with Crippen molar-refractivity contribution in [3.8, 4) is 22.3 Å². The average molecular weight is 475 g/mol. The summed E-state index contributed by atoms with van der Waals surface area (Å²) in [4.78, 5) is 4.57. The molecule has 0 aliphatic heterocycles. The third-order valence-corrected chi connectivity index (χ3v) is 3.84. The number of hydrogen-bond donors (Lipinski definition) is 0. The van der Waals surface area contributed by atoms with Crippen LogP contribution in [0.5, 0.6) is 0 Å². The van der Waals surface area contributed by atoms with Crippen molar-refractivity contribution < 1.29 is 21.1 Å². The summed E-state index contributed by atoms with van der Waals surface area (Å²) in [5.41, 5.74) is 5.61. The van der Waals surface area contributed by atoms with E-state index >= 15 is 0 Å². The van der Waals surface area contributed by atoms with Gasteiger partial charge in [0.15, 0.2) is 0 Å². The van der Waals surface area contributed by atoms with Crippen molar-refractivity contribution in [3.63, 3.8) is 0 Å². The summed E-state index contributed by atoms with van der Waals surface area (Å²) in [6.45, 7) is 0. The van der Waals surface area contributed by atoms with Crippen LogP contribution in [0.1, 0.15) is 0 Å². The quantitative estimate of drug-likeness (QED) is 0.356. The molecule has 1 nitrogen and oxygen atoms in total. The molecular weight excluding hydrogens is 461 g/mol. The first-order chi connectivity index (χ1) is 10.9. The zero-order valence-electron chi connectivity index (χ0n) is 12.3. The van der Waals surface area contributed by atoms with E-state index in [0.29, 0.717) is 0 Å². The number of fused-ring (bicyclic) bond motifs is 1. The van der Waals surface area contributed by atoms with E-state index in [0.717, 1.165) is 22.0 Å². The molecule has 0 spiro atoms. The second-order valence-electron chi connectivity index (χ2n) is 5.21. The predicted molar refractivity (Wildman–Crippen MR) is 91.5 cm³/mol. The number of hydrogen-bond acceptors (Lipinski definition) is 1. The van der Waals surface area contributed by atoms with E-state index in [4.69, 9.17) is 0 Å². The Kier molecular flexibility index (Phi) is 4.69. The van der Waals surface area contributed by atoms with Crippen molar-refractivity contribution in [2.45, 2.75) is 0 Å². The first-order valence-electron chi connectivity index (χ1n) is 7.34. The molecule has 2 heteroatoms. The Hall–Kier alpha value is -2.24. The standard InChI is InChI=1S/C21H14N.Pt/c1-2-8-16(9-3-1)18-12-4-5-13-19(18)20-14-6-10-17-11-7-15-22-21(17)20;/h1-12,14-15H;/q-1;. The molecule has 0 radical (unpaired) electrons. The Morgan fingerprint density at radius 3 is 2.35 bits per heavy atom. The summed E-state index contributed by atoms with van der Waals surface area (Å²) < 4.78 is 0. The predicted octanol–water partition coefficient (Wildman–Crippen LogP) is 5.37. The SMILES string of the molecule is [Pt].[c-]1cccc(-c2ccccc2)c1-c1cccc2cccnc12. The molecule has 114 valence electrons.